The fourth-order valence-corrected chi connectivity index (χ4v) is 1.70. The molecule has 6 heteroatoms. The van der Waals surface area contributed by atoms with Crippen LogP contribution in [0.2, 0.25) is 0 Å². The number of hydrogen-bond donors (Lipinski definition) is 1. The Balaban J connectivity index is 2.41. The summed E-state index contributed by atoms with van der Waals surface area (Å²) >= 11 is 1.36. The van der Waals surface area contributed by atoms with Gasteiger partial charge in [-0.25, -0.2) is 4.98 Å². The number of nitrogens with zero attached hydrogens (tertiary/aromatic N) is 2. The van der Waals surface area contributed by atoms with Crippen molar-refractivity contribution in [3.8, 4) is 0 Å². The second-order valence-electron chi connectivity index (χ2n) is 4.23. The van der Waals surface area contributed by atoms with E-state index in [1.165, 1.54) is 16.2 Å². The molecule has 2 amide bonds. The average Bonchev–Trinajstić information content (AvgIpc) is 2.78. The number of nitrogens with one attached hydrogen (secondary N) is 1. The third kappa shape index (κ3) is 4.52. The van der Waals surface area contributed by atoms with Crippen LogP contribution < -0.4 is 5.32 Å². The van der Waals surface area contributed by atoms with Gasteiger partial charge in [0.2, 0.25) is 5.91 Å². The van der Waals surface area contributed by atoms with Gasteiger partial charge in [0.15, 0.2) is 0 Å². The molecule has 0 unspecified atom stereocenters. The van der Waals surface area contributed by atoms with Crippen molar-refractivity contribution in [2.75, 3.05) is 20.1 Å². The monoisotopic (exact) mass is 255 g/mol. The molecule has 0 spiro atoms. The molecule has 17 heavy (non-hydrogen) atoms. The number of amides is 2. The molecule has 1 rings (SSSR count). The van der Waals surface area contributed by atoms with Crippen molar-refractivity contribution in [1.82, 2.24) is 15.2 Å². The molecular formula is C11H17N3O2S. The van der Waals surface area contributed by atoms with Crippen LogP contribution in [0.4, 0.5) is 0 Å². The normalized spacial score (nSPS) is 10.4. The van der Waals surface area contributed by atoms with Gasteiger partial charge in [0.25, 0.3) is 5.91 Å². The van der Waals surface area contributed by atoms with Crippen LogP contribution in [0.5, 0.6) is 0 Å². The lowest BCUT2D eigenvalue weighted by atomic mass is 10.2. The van der Waals surface area contributed by atoms with Crippen LogP contribution in [0.15, 0.2) is 10.9 Å². The summed E-state index contributed by atoms with van der Waals surface area (Å²) in [5, 5.41) is 4.43. The van der Waals surface area contributed by atoms with Gasteiger partial charge in [-0.2, -0.15) is 0 Å². The summed E-state index contributed by atoms with van der Waals surface area (Å²) in [6, 6.07) is 0. The summed E-state index contributed by atoms with van der Waals surface area (Å²) in [4.78, 5) is 28.6. The van der Waals surface area contributed by atoms with Crippen LogP contribution in [-0.2, 0) is 4.79 Å². The summed E-state index contributed by atoms with van der Waals surface area (Å²) < 4.78 is 0. The quantitative estimate of drug-likeness (QED) is 0.853. The molecule has 94 valence electrons. The van der Waals surface area contributed by atoms with Crippen LogP contribution in [-0.4, -0.2) is 41.8 Å². The van der Waals surface area contributed by atoms with E-state index in [2.05, 4.69) is 10.3 Å². The zero-order valence-electron chi connectivity index (χ0n) is 10.3. The molecule has 1 aromatic rings. The molecule has 0 aliphatic carbocycles. The maximum Gasteiger partial charge on any atom is 0.273 e. The predicted molar refractivity (Wildman–Crippen MR) is 66.9 cm³/mol. The first-order valence-electron chi connectivity index (χ1n) is 5.41. The van der Waals surface area contributed by atoms with Crippen LogP contribution >= 0.6 is 11.3 Å². The topological polar surface area (TPSA) is 62.3 Å². The molecule has 1 aromatic heterocycles. The Bertz CT molecular complexity index is 376. The molecule has 0 aromatic carbocycles. The Hall–Kier alpha value is -1.43. The van der Waals surface area contributed by atoms with Crippen molar-refractivity contribution in [2.24, 2.45) is 5.92 Å². The average molecular weight is 255 g/mol. The second kappa shape index (κ2) is 6.34. The van der Waals surface area contributed by atoms with E-state index in [-0.39, 0.29) is 18.4 Å². The molecule has 0 fully saturated rings. The Kier molecular flexibility index (Phi) is 5.09. The minimum atomic E-state index is -0.231. The Morgan fingerprint density at radius 2 is 2.24 bits per heavy atom. The fraction of sp³-hybridized carbons (Fsp3) is 0.545. The second-order valence-corrected chi connectivity index (χ2v) is 4.95. The SMILES string of the molecule is CC(C)CNC(=O)CN(C)C(=O)c1cscn1. The first-order valence-corrected chi connectivity index (χ1v) is 6.35. The summed E-state index contributed by atoms with van der Waals surface area (Å²) in [7, 11) is 1.59. The molecule has 1 N–H and O–H groups in total. The van der Waals surface area contributed by atoms with Gasteiger partial charge in [-0.1, -0.05) is 13.8 Å². The van der Waals surface area contributed by atoms with E-state index in [0.29, 0.717) is 18.2 Å². The van der Waals surface area contributed by atoms with Gasteiger partial charge < -0.3 is 10.2 Å². The van der Waals surface area contributed by atoms with Crippen LogP contribution in [0, 0.1) is 5.92 Å². The van der Waals surface area contributed by atoms with Crippen LogP contribution in [0.1, 0.15) is 24.3 Å². The molecular weight excluding hydrogens is 238 g/mol. The van der Waals surface area contributed by atoms with Crippen LogP contribution in [0.3, 0.4) is 0 Å². The molecule has 0 saturated carbocycles. The van der Waals surface area contributed by atoms with Gasteiger partial charge in [-0.3, -0.25) is 9.59 Å². The highest BCUT2D eigenvalue weighted by Gasteiger charge is 2.16. The van der Waals surface area contributed by atoms with Crippen molar-refractivity contribution in [1.29, 1.82) is 0 Å². The van der Waals surface area contributed by atoms with Crippen molar-refractivity contribution >= 4 is 23.2 Å². The lowest BCUT2D eigenvalue weighted by Gasteiger charge is -2.16. The van der Waals surface area contributed by atoms with E-state index in [4.69, 9.17) is 0 Å². The third-order valence-corrected chi connectivity index (χ3v) is 2.67. The standard InChI is InChI=1S/C11H17N3O2S/c1-8(2)4-12-10(15)5-14(3)11(16)9-6-17-7-13-9/h6-8H,4-5H2,1-3H3,(H,12,15). The Morgan fingerprint density at radius 3 is 2.76 bits per heavy atom. The van der Waals surface area contributed by atoms with Gasteiger partial charge in [0.05, 0.1) is 12.1 Å². The number of rotatable bonds is 5. The smallest absolute Gasteiger partial charge is 0.273 e. The van der Waals surface area contributed by atoms with E-state index in [1.807, 2.05) is 13.8 Å². The molecule has 0 aliphatic heterocycles. The molecule has 0 saturated heterocycles. The highest BCUT2D eigenvalue weighted by atomic mass is 32.1. The van der Waals surface area contributed by atoms with Crippen molar-refractivity contribution in [2.45, 2.75) is 13.8 Å². The highest BCUT2D eigenvalue weighted by Crippen LogP contribution is 2.04. The third-order valence-electron chi connectivity index (χ3n) is 2.09. The van der Waals surface area contributed by atoms with Gasteiger partial charge in [-0.15, -0.1) is 11.3 Å². The number of carbonyl (C=O) groups excluding carboxylic acids is 2. The van der Waals surface area contributed by atoms with Gasteiger partial charge in [0.1, 0.15) is 5.69 Å². The molecule has 0 bridgehead atoms. The zero-order chi connectivity index (χ0) is 12.8. The van der Waals surface area contributed by atoms with Gasteiger partial charge >= 0.3 is 0 Å². The van der Waals surface area contributed by atoms with Gasteiger partial charge in [0, 0.05) is 19.0 Å². The lowest BCUT2D eigenvalue weighted by molar-refractivity contribution is -0.121. The summed E-state index contributed by atoms with van der Waals surface area (Å²) in [5.41, 5.74) is 1.98. The fourth-order valence-electron chi connectivity index (χ4n) is 1.17. The van der Waals surface area contributed by atoms with Crippen LogP contribution in [0.25, 0.3) is 0 Å². The van der Waals surface area contributed by atoms with Crippen molar-refractivity contribution in [3.63, 3.8) is 0 Å². The number of hydrogen-bond acceptors (Lipinski definition) is 4. The van der Waals surface area contributed by atoms with E-state index in [0.717, 1.165) is 0 Å². The molecule has 0 radical (unpaired) electrons. The first-order chi connectivity index (χ1) is 8.00. The summed E-state index contributed by atoms with van der Waals surface area (Å²) in [6.45, 7) is 4.72. The number of carbonyl (C=O) groups is 2. The maximum absolute atomic E-state index is 11.8. The van der Waals surface area contributed by atoms with E-state index >= 15 is 0 Å². The molecule has 0 aliphatic rings. The van der Waals surface area contributed by atoms with E-state index < -0.39 is 0 Å². The number of thiazole rings is 1. The Labute approximate surface area is 105 Å². The summed E-state index contributed by atoms with van der Waals surface area (Å²) in [5.74, 6) is 0.0224. The first kappa shape index (κ1) is 13.6. The van der Waals surface area contributed by atoms with Crippen molar-refractivity contribution in [3.05, 3.63) is 16.6 Å². The molecule has 5 nitrogen and oxygen atoms in total. The van der Waals surface area contributed by atoms with E-state index in [1.54, 1.807) is 17.9 Å². The van der Waals surface area contributed by atoms with E-state index in [9.17, 15) is 9.59 Å². The summed E-state index contributed by atoms with van der Waals surface area (Å²) in [6.07, 6.45) is 0. The number of likely N-dealkylation sites (N-methyl/N-ethyl adjacent to an activating group) is 1. The lowest BCUT2D eigenvalue weighted by Crippen LogP contribution is -2.39. The largest absolute Gasteiger partial charge is 0.354 e. The number of aromatic nitrogens is 1. The Morgan fingerprint density at radius 1 is 1.53 bits per heavy atom. The highest BCUT2D eigenvalue weighted by molar-refractivity contribution is 7.07. The van der Waals surface area contributed by atoms with Crippen molar-refractivity contribution < 1.29 is 9.59 Å². The predicted octanol–water partition coefficient (Wildman–Crippen LogP) is 0.987. The maximum atomic E-state index is 11.8. The minimum Gasteiger partial charge on any atom is -0.354 e. The zero-order valence-corrected chi connectivity index (χ0v) is 11.1. The molecule has 1 heterocycles. The molecule has 0 atom stereocenters. The van der Waals surface area contributed by atoms with Gasteiger partial charge in [-0.05, 0) is 5.92 Å². The minimum absolute atomic E-state index is 0.0586.